The molecule has 1 heterocycles. The second kappa shape index (κ2) is 6.42. The third-order valence-electron chi connectivity index (χ3n) is 3.79. The third-order valence-corrected chi connectivity index (χ3v) is 4.02. The summed E-state index contributed by atoms with van der Waals surface area (Å²) in [4.78, 5) is 23.5. The first-order valence-electron chi connectivity index (χ1n) is 7.37. The van der Waals surface area contributed by atoms with Crippen molar-refractivity contribution in [2.75, 3.05) is 0 Å². The predicted octanol–water partition coefficient (Wildman–Crippen LogP) is 2.51. The first-order valence-corrected chi connectivity index (χ1v) is 7.75. The van der Waals surface area contributed by atoms with E-state index < -0.39 is 17.9 Å². The molecule has 0 bridgehead atoms. The quantitative estimate of drug-likeness (QED) is 0.850. The fraction of sp³-hybridized carbons (Fsp3) is 0.312. The van der Waals surface area contributed by atoms with Crippen molar-refractivity contribution < 1.29 is 14.7 Å². The summed E-state index contributed by atoms with van der Waals surface area (Å²) in [6, 6.07) is 6.22. The number of halogens is 1. The Bertz CT molecular complexity index is 740. The molecule has 0 radical (unpaired) electrons. The average Bonchev–Trinajstić information content (AvgIpc) is 3.19. The molecule has 1 aromatic heterocycles. The van der Waals surface area contributed by atoms with Crippen LogP contribution in [0.15, 0.2) is 36.7 Å². The van der Waals surface area contributed by atoms with Gasteiger partial charge in [-0.3, -0.25) is 4.79 Å². The van der Waals surface area contributed by atoms with E-state index in [1.54, 1.807) is 24.4 Å². The van der Waals surface area contributed by atoms with Crippen molar-refractivity contribution in [1.29, 1.82) is 0 Å². The predicted molar refractivity (Wildman–Crippen MR) is 84.8 cm³/mol. The number of hydrogen-bond donors (Lipinski definition) is 2. The molecule has 1 fully saturated rings. The zero-order valence-electron chi connectivity index (χ0n) is 12.3. The highest BCUT2D eigenvalue weighted by Gasteiger charge is 2.30. The van der Waals surface area contributed by atoms with Gasteiger partial charge in [-0.15, -0.1) is 0 Å². The number of nitrogens with zero attached hydrogens (tertiary/aromatic N) is 2. The first-order chi connectivity index (χ1) is 11.0. The number of carboxylic acid groups (broad SMARTS) is 1. The summed E-state index contributed by atoms with van der Waals surface area (Å²) in [6.45, 7) is 0. The van der Waals surface area contributed by atoms with Gasteiger partial charge >= 0.3 is 5.97 Å². The zero-order valence-corrected chi connectivity index (χ0v) is 13.0. The Balaban J connectivity index is 1.71. The number of aromatic nitrogens is 2. The Hall–Kier alpha value is -2.34. The summed E-state index contributed by atoms with van der Waals surface area (Å²) < 4.78 is 1.53. The van der Waals surface area contributed by atoms with E-state index in [9.17, 15) is 14.7 Å². The number of aliphatic carboxylic acids is 1. The van der Waals surface area contributed by atoms with Crippen molar-refractivity contribution in [3.63, 3.8) is 0 Å². The number of hydrogen-bond acceptors (Lipinski definition) is 3. The maximum absolute atomic E-state index is 12.2. The van der Waals surface area contributed by atoms with Crippen LogP contribution in [0.5, 0.6) is 0 Å². The Morgan fingerprint density at radius 2 is 2.22 bits per heavy atom. The molecule has 1 aliphatic rings. The monoisotopic (exact) mass is 333 g/mol. The molecule has 1 saturated carbocycles. The molecule has 120 valence electrons. The minimum Gasteiger partial charge on any atom is -0.480 e. The molecule has 1 atom stereocenters. The molecule has 0 saturated heterocycles. The van der Waals surface area contributed by atoms with Crippen molar-refractivity contribution in [2.45, 2.75) is 25.3 Å². The molecule has 2 N–H and O–H groups in total. The SMILES string of the molecule is O=C(NC(CC1CC1)C(=O)O)c1cnn(-c2cccc(Cl)c2)c1. The Morgan fingerprint density at radius 3 is 2.87 bits per heavy atom. The highest BCUT2D eigenvalue weighted by atomic mass is 35.5. The Morgan fingerprint density at radius 1 is 1.43 bits per heavy atom. The van der Waals surface area contributed by atoms with Gasteiger partial charge in [0.05, 0.1) is 17.4 Å². The number of carbonyl (C=O) groups excluding carboxylic acids is 1. The molecule has 7 heteroatoms. The van der Waals surface area contributed by atoms with Crippen LogP contribution >= 0.6 is 11.6 Å². The summed E-state index contributed by atoms with van der Waals surface area (Å²) in [5.74, 6) is -1.04. The van der Waals surface area contributed by atoms with Crippen LogP contribution in [0.25, 0.3) is 5.69 Å². The summed E-state index contributed by atoms with van der Waals surface area (Å²) in [6.07, 6.45) is 5.51. The molecular formula is C16H16ClN3O3. The molecule has 1 aromatic carbocycles. The van der Waals surface area contributed by atoms with E-state index in [-0.39, 0.29) is 0 Å². The normalized spacial score (nSPS) is 15.2. The van der Waals surface area contributed by atoms with Gasteiger partial charge in [0.2, 0.25) is 0 Å². The Labute approximate surface area is 138 Å². The molecule has 1 aliphatic carbocycles. The van der Waals surface area contributed by atoms with Crippen LogP contribution in [0.2, 0.25) is 5.02 Å². The van der Waals surface area contributed by atoms with Crippen LogP contribution in [0.3, 0.4) is 0 Å². The van der Waals surface area contributed by atoms with Crippen molar-refractivity contribution in [3.05, 3.63) is 47.2 Å². The standard InChI is InChI=1S/C16H16ClN3O3/c17-12-2-1-3-13(7-12)20-9-11(8-18-20)15(21)19-14(16(22)23)6-10-4-5-10/h1-3,7-10,14H,4-6H2,(H,19,21)(H,22,23). The van der Waals surface area contributed by atoms with Gasteiger partial charge < -0.3 is 10.4 Å². The number of carbonyl (C=O) groups is 2. The van der Waals surface area contributed by atoms with Crippen LogP contribution in [-0.4, -0.2) is 32.8 Å². The van der Waals surface area contributed by atoms with Gasteiger partial charge in [-0.25, -0.2) is 9.48 Å². The Kier molecular flexibility index (Phi) is 4.34. The molecular weight excluding hydrogens is 318 g/mol. The van der Waals surface area contributed by atoms with Crippen LogP contribution < -0.4 is 5.32 Å². The minimum atomic E-state index is -1.01. The van der Waals surface area contributed by atoms with E-state index in [0.717, 1.165) is 18.5 Å². The van der Waals surface area contributed by atoms with Crippen molar-refractivity contribution >= 4 is 23.5 Å². The van der Waals surface area contributed by atoms with Crippen LogP contribution in [0, 0.1) is 5.92 Å². The summed E-state index contributed by atoms with van der Waals surface area (Å²) >= 11 is 5.94. The van der Waals surface area contributed by atoms with E-state index in [1.807, 2.05) is 6.07 Å². The van der Waals surface area contributed by atoms with Gasteiger partial charge in [-0.2, -0.15) is 5.10 Å². The van der Waals surface area contributed by atoms with Crippen LogP contribution in [0.4, 0.5) is 0 Å². The molecule has 1 amide bonds. The van der Waals surface area contributed by atoms with Crippen molar-refractivity contribution in [2.24, 2.45) is 5.92 Å². The molecule has 1 unspecified atom stereocenters. The van der Waals surface area contributed by atoms with E-state index in [1.165, 1.54) is 10.9 Å². The van der Waals surface area contributed by atoms with E-state index in [2.05, 4.69) is 10.4 Å². The minimum absolute atomic E-state index is 0.312. The second-order valence-corrected chi connectivity index (χ2v) is 6.13. The van der Waals surface area contributed by atoms with E-state index in [0.29, 0.717) is 22.9 Å². The van der Waals surface area contributed by atoms with Crippen LogP contribution in [0.1, 0.15) is 29.6 Å². The van der Waals surface area contributed by atoms with Crippen molar-refractivity contribution in [1.82, 2.24) is 15.1 Å². The molecule has 3 rings (SSSR count). The number of carboxylic acids is 1. The molecule has 2 aromatic rings. The van der Waals surface area contributed by atoms with Gasteiger partial charge in [0.15, 0.2) is 0 Å². The lowest BCUT2D eigenvalue weighted by Crippen LogP contribution is -2.41. The first kappa shape index (κ1) is 15.6. The topological polar surface area (TPSA) is 84.2 Å². The van der Waals surface area contributed by atoms with Crippen molar-refractivity contribution in [3.8, 4) is 5.69 Å². The molecule has 0 spiro atoms. The maximum atomic E-state index is 12.2. The summed E-state index contributed by atoms with van der Waals surface area (Å²) in [5, 5.41) is 16.5. The molecule has 23 heavy (non-hydrogen) atoms. The third kappa shape index (κ3) is 3.90. The van der Waals surface area contributed by atoms with Gasteiger partial charge in [0.1, 0.15) is 6.04 Å². The maximum Gasteiger partial charge on any atom is 0.326 e. The summed E-state index contributed by atoms with van der Waals surface area (Å²) in [5.41, 5.74) is 1.04. The lowest BCUT2D eigenvalue weighted by atomic mass is 10.1. The fourth-order valence-electron chi connectivity index (χ4n) is 2.35. The fourth-order valence-corrected chi connectivity index (χ4v) is 2.53. The van der Waals surface area contributed by atoms with E-state index >= 15 is 0 Å². The van der Waals surface area contributed by atoms with Gasteiger partial charge in [0.25, 0.3) is 5.91 Å². The van der Waals surface area contributed by atoms with Gasteiger partial charge in [-0.05, 0) is 30.5 Å². The zero-order chi connectivity index (χ0) is 16.4. The highest BCUT2D eigenvalue weighted by Crippen LogP contribution is 2.33. The molecule has 0 aliphatic heterocycles. The van der Waals surface area contributed by atoms with Gasteiger partial charge in [0, 0.05) is 11.2 Å². The van der Waals surface area contributed by atoms with Crippen LogP contribution in [-0.2, 0) is 4.79 Å². The second-order valence-electron chi connectivity index (χ2n) is 5.70. The van der Waals surface area contributed by atoms with Gasteiger partial charge in [-0.1, -0.05) is 30.5 Å². The number of rotatable bonds is 6. The summed E-state index contributed by atoms with van der Waals surface area (Å²) in [7, 11) is 0. The molecule has 6 nitrogen and oxygen atoms in total. The largest absolute Gasteiger partial charge is 0.480 e. The lowest BCUT2D eigenvalue weighted by Gasteiger charge is -2.13. The highest BCUT2D eigenvalue weighted by molar-refractivity contribution is 6.30. The smallest absolute Gasteiger partial charge is 0.326 e. The number of benzene rings is 1. The number of nitrogens with one attached hydrogen (secondary N) is 1. The number of amides is 1. The van der Waals surface area contributed by atoms with E-state index in [4.69, 9.17) is 11.6 Å². The lowest BCUT2D eigenvalue weighted by molar-refractivity contribution is -0.139. The average molecular weight is 334 g/mol.